The van der Waals surface area contributed by atoms with E-state index in [1.165, 1.54) is 68.5 Å². The first-order valence-corrected chi connectivity index (χ1v) is 45.2. The Kier molecular flexibility index (Phi) is 57.0. The number of nitrogens with zero attached hydrogens (tertiary/aromatic N) is 3. The van der Waals surface area contributed by atoms with E-state index in [0.29, 0.717) is 63.4 Å². The van der Waals surface area contributed by atoms with Gasteiger partial charge in [-0.15, -0.1) is 64.2 Å². The van der Waals surface area contributed by atoms with E-state index in [9.17, 15) is 17.2 Å². The van der Waals surface area contributed by atoms with Crippen molar-refractivity contribution in [2.24, 2.45) is 0 Å². The molecule has 12 aromatic rings. The Labute approximate surface area is 776 Å². The van der Waals surface area contributed by atoms with Crippen LogP contribution in [-0.4, -0.2) is 36.7 Å². The summed E-state index contributed by atoms with van der Waals surface area (Å²) in [5.41, 5.74) is 24.3. The van der Waals surface area contributed by atoms with Crippen LogP contribution >= 0.6 is 0 Å². The number of aromatic nitrogens is 3. The minimum Gasteiger partial charge on any atom is -0.496 e. The lowest BCUT2D eigenvalue weighted by atomic mass is 10.0. The number of methoxy groups -OCH3 is 1. The van der Waals surface area contributed by atoms with E-state index in [1.54, 1.807) is 55.9 Å². The number of hydrogen-bond acceptors (Lipinski definition) is 6. The van der Waals surface area contributed by atoms with Crippen LogP contribution in [0.4, 0.5) is 8.78 Å². The van der Waals surface area contributed by atoms with E-state index in [2.05, 4.69) is 256 Å². The van der Waals surface area contributed by atoms with Crippen LogP contribution in [0.25, 0.3) is 0 Å². The van der Waals surface area contributed by atoms with Crippen molar-refractivity contribution >= 4 is 9.84 Å². The van der Waals surface area contributed by atoms with Crippen molar-refractivity contribution in [3.05, 3.63) is 395 Å². The van der Waals surface area contributed by atoms with Crippen LogP contribution in [0.5, 0.6) is 5.75 Å². The van der Waals surface area contributed by atoms with E-state index in [1.807, 2.05) is 124 Å². The normalized spacial score (nSPS) is 9.44. The summed E-state index contributed by atoms with van der Waals surface area (Å²) in [7, 11) is -1.51. The summed E-state index contributed by atoms with van der Waals surface area (Å²) in [6.07, 6.45) is 66.7. The number of terminal acetylenes is 10. The van der Waals surface area contributed by atoms with Crippen molar-refractivity contribution < 1.29 is 21.9 Å². The van der Waals surface area contributed by atoms with Gasteiger partial charge in [-0.25, -0.2) is 22.2 Å². The third-order valence-electron chi connectivity index (χ3n) is 19.4. The van der Waals surface area contributed by atoms with Crippen molar-refractivity contribution in [3.8, 4) is 129 Å². The molecule has 3 aromatic heterocycles. The fourth-order valence-corrected chi connectivity index (χ4v) is 11.9. The molecule has 9 aromatic carbocycles. The first kappa shape index (κ1) is 113. The maximum absolute atomic E-state index is 12.9. The first-order chi connectivity index (χ1) is 61.8. The van der Waals surface area contributed by atoms with Gasteiger partial charge < -0.3 is 4.74 Å². The van der Waals surface area contributed by atoms with Crippen molar-refractivity contribution in [1.29, 1.82) is 0 Å². The van der Waals surface area contributed by atoms with Crippen molar-refractivity contribution in [1.82, 2.24) is 15.0 Å². The molecule has 0 amide bonds. The Hall–Kier alpha value is -14.4. The monoisotopic (exact) mass is 1730 g/mol. The van der Waals surface area contributed by atoms with Gasteiger partial charge in [-0.2, -0.15) is 0 Å². The molecule has 0 spiro atoms. The number of aryl methyl sites for hydroxylation is 11. The van der Waals surface area contributed by atoms with E-state index in [4.69, 9.17) is 69.0 Å². The van der Waals surface area contributed by atoms with Gasteiger partial charge in [-0.05, 0) is 260 Å². The molecule has 0 N–H and O–H groups in total. The molecule has 0 radical (unpaired) electrons. The maximum atomic E-state index is 12.9. The average Bonchev–Trinajstić information content (AvgIpc) is 0.820. The van der Waals surface area contributed by atoms with Gasteiger partial charge in [0, 0.05) is 80.7 Å². The predicted molar refractivity (Wildman–Crippen MR) is 546 cm³/mol. The zero-order chi connectivity index (χ0) is 96.7. The highest BCUT2D eigenvalue weighted by atomic mass is 32.2. The van der Waals surface area contributed by atoms with Crippen LogP contribution in [0.2, 0.25) is 0 Å². The highest BCUT2D eigenvalue weighted by molar-refractivity contribution is 7.90. The van der Waals surface area contributed by atoms with Gasteiger partial charge in [0.05, 0.1) is 17.6 Å². The summed E-state index contributed by atoms with van der Waals surface area (Å²) < 4.78 is 53.8. The summed E-state index contributed by atoms with van der Waals surface area (Å²) in [4.78, 5) is 12.7. The molecule has 9 heteroatoms. The fraction of sp³-hybridized carbons (Fsp3) is 0.258. The number of halogens is 2. The molecule has 0 aliphatic carbocycles. The fourth-order valence-electron chi connectivity index (χ4n) is 10.9. The molecule has 0 atom stereocenters. The molecule has 12 rings (SSSR count). The van der Waals surface area contributed by atoms with Gasteiger partial charge in [0.15, 0.2) is 9.84 Å². The van der Waals surface area contributed by atoms with E-state index >= 15 is 0 Å². The summed E-state index contributed by atoms with van der Waals surface area (Å²) >= 11 is 0. The zero-order valence-electron chi connectivity index (χ0n) is 79.3. The van der Waals surface area contributed by atoms with Crippen molar-refractivity contribution in [2.75, 3.05) is 13.4 Å². The number of sulfone groups is 1. The number of rotatable bonds is 14. The van der Waals surface area contributed by atoms with Gasteiger partial charge in [0.1, 0.15) is 23.1 Å². The highest BCUT2D eigenvalue weighted by Gasteiger charge is 2.13. The first-order valence-electron chi connectivity index (χ1n) is 43.3. The zero-order valence-corrected chi connectivity index (χ0v) is 80.1. The molecule has 0 saturated carbocycles. The molecule has 0 bridgehead atoms. The van der Waals surface area contributed by atoms with Crippen molar-refractivity contribution in [2.45, 2.75) is 198 Å². The Bertz CT molecular complexity index is 5520. The van der Waals surface area contributed by atoms with Crippen LogP contribution in [0.3, 0.4) is 0 Å². The molecule has 0 unspecified atom stereocenters. The molecule has 0 aliphatic heterocycles. The lowest BCUT2D eigenvalue weighted by Crippen LogP contribution is -2.02. The Morgan fingerprint density at radius 2 is 0.682 bits per heavy atom. The van der Waals surface area contributed by atoms with Crippen molar-refractivity contribution in [3.63, 3.8) is 0 Å². The lowest BCUT2D eigenvalue weighted by molar-refractivity contribution is 0.410. The highest BCUT2D eigenvalue weighted by Crippen LogP contribution is 2.22. The molecule has 3 heterocycles. The van der Waals surface area contributed by atoms with E-state index < -0.39 is 9.84 Å². The van der Waals surface area contributed by atoms with Crippen LogP contribution in [0.15, 0.2) is 254 Å². The second-order valence-electron chi connectivity index (χ2n) is 29.8. The maximum Gasteiger partial charge on any atom is 0.175 e. The number of pyridine rings is 3. The Morgan fingerprint density at radius 3 is 1.00 bits per heavy atom. The summed E-state index contributed by atoms with van der Waals surface area (Å²) in [6, 6.07) is 74.0. The van der Waals surface area contributed by atoms with Crippen LogP contribution in [0, 0.1) is 149 Å². The molecule has 6 nitrogen and oxygen atoms in total. The predicted octanol–water partition coefficient (Wildman–Crippen LogP) is 27.0. The average molecular weight is 1730 g/mol. The number of hydrogen-bond donors (Lipinski definition) is 0. The largest absolute Gasteiger partial charge is 0.496 e. The third kappa shape index (κ3) is 45.9. The topological polar surface area (TPSA) is 82.0 Å². The molecule has 662 valence electrons. The van der Waals surface area contributed by atoms with Crippen LogP contribution in [0.1, 0.15) is 256 Å². The molecule has 0 aliphatic rings. The summed E-state index contributed by atoms with van der Waals surface area (Å²) in [5.74, 6) is 26.9. The smallest absolute Gasteiger partial charge is 0.175 e. The minimum atomic E-state index is -3.17. The van der Waals surface area contributed by atoms with Gasteiger partial charge in [-0.1, -0.05) is 289 Å². The van der Waals surface area contributed by atoms with Crippen LogP contribution < -0.4 is 4.74 Å². The molecule has 129 heavy (non-hydrogen) atoms. The molecule has 0 saturated heterocycles. The van der Waals surface area contributed by atoms with Gasteiger partial charge in [0.25, 0.3) is 0 Å². The number of ether oxygens (including phenoxy) is 1. The van der Waals surface area contributed by atoms with Crippen LogP contribution in [-0.2, 0) is 67.6 Å². The van der Waals surface area contributed by atoms with E-state index in [-0.39, 0.29) is 11.6 Å². The lowest BCUT2D eigenvalue weighted by Gasteiger charge is -2.05. The van der Waals surface area contributed by atoms with Gasteiger partial charge in [0.2, 0.25) is 0 Å². The molecular formula is C120H129F2N3O3S. The molecular weight excluding hydrogens is 1600 g/mol. The number of benzene rings is 9. The Morgan fingerprint density at radius 1 is 0.318 bits per heavy atom. The summed E-state index contributed by atoms with van der Waals surface area (Å²) in [5, 5.41) is 0. The standard InChI is InChI=1S/C11H12O2S.C11H12O.2C11H12.2C10H9F.C10H11N.C10H10.2C9H9N.2C9H12/c1-4-9-6-7-10(5-2)11(8-9)14(3,12)13;1-4-9-6-7-10(5-2)11(8-9)12-3;2*1-4-10-5-7-11(8-6-10)9(2)3;2*1-3-8-5-6-9(4-2)10(11)7-8;1-4-9-5-6-10(8(2)3)11-7-9;1-3-9-5-7-10(4-2)8-6-9;2*1-3-8-5-6-9(4-2)10-7-8;2*1-3-9-6-4-8(2)5-7-9/h1,6-8H,5H2,2-3H3;1,6-8H,5H2,2-3H3;2*1,5-9H,2-3H3;2,5-7H,3H2,1H3;1,5-7H,4H2,2H3;1,5-8H,2-3H3;1,5-8H,4H2,2H3;2,5-7H,3H2,1H3;1,5-7H,4H2,2H3;2*4-7H,3H2,1-2H3. The minimum absolute atomic E-state index is 0.206. The SMILES string of the molecule is C#Cc1ccc(C(C)C)cc1.C#Cc1ccc(C(C)C)cc1.C#Cc1ccc(C(C)C)nc1.C#Cc1ccc(CC)c(F)c1.C#Cc1ccc(CC)c(OC)c1.C#Cc1ccc(CC)c(S(C)(=O)=O)c1.C#Cc1ccc(CC)cc1.C#Cc1ccc(CC)cc1F.C#Cc1ccc(CC)cn1.C#Cc1ccc(CC)nc1.CCc1ccc(C)cc1.CCc1ccc(C)cc1. The third-order valence-corrected chi connectivity index (χ3v) is 20.6. The molecule has 0 fully saturated rings. The van der Waals surface area contributed by atoms with Gasteiger partial charge >= 0.3 is 0 Å². The second kappa shape index (κ2) is 65.3. The van der Waals surface area contributed by atoms with Gasteiger partial charge in [-0.3, -0.25) is 9.97 Å². The Balaban J connectivity index is 0.000000705. The second-order valence-corrected chi connectivity index (χ2v) is 31.8. The van der Waals surface area contributed by atoms with E-state index in [0.717, 1.165) is 107 Å². The summed E-state index contributed by atoms with van der Waals surface area (Å²) in [6.45, 7) is 35.6. The quantitative estimate of drug-likeness (QED) is 0.101.